The lowest BCUT2D eigenvalue weighted by Crippen LogP contribution is -2.27. The average Bonchev–Trinajstić information content (AvgIpc) is 2.77. The second-order valence-electron chi connectivity index (χ2n) is 7.92. The lowest BCUT2D eigenvalue weighted by molar-refractivity contribution is -0.175. The van der Waals surface area contributed by atoms with Gasteiger partial charge in [-0.05, 0) is 77.5 Å². The van der Waals surface area contributed by atoms with Gasteiger partial charge in [0.15, 0.2) is 0 Å². The number of fused-ring (bicyclic) bond motifs is 1. The lowest BCUT2D eigenvalue weighted by Gasteiger charge is -2.24. The minimum Gasteiger partial charge on any atom is -0.344 e. The zero-order valence-electron chi connectivity index (χ0n) is 17.3. The molecule has 1 N–H and O–H groups in total. The Hall–Kier alpha value is -2.74. The largest absolute Gasteiger partial charge is 0.392 e. The molecule has 0 spiro atoms. The van der Waals surface area contributed by atoms with E-state index in [1.54, 1.807) is 12.1 Å². The predicted octanol–water partition coefficient (Wildman–Crippen LogP) is 6.63. The van der Waals surface area contributed by atoms with Crippen LogP contribution < -0.4 is 5.32 Å². The van der Waals surface area contributed by atoms with Crippen LogP contribution in [0, 0.1) is 5.92 Å². The fourth-order valence-electron chi connectivity index (χ4n) is 3.95. The maximum Gasteiger partial charge on any atom is 0.392 e. The number of benzene rings is 1. The smallest absolute Gasteiger partial charge is 0.344 e. The van der Waals surface area contributed by atoms with Crippen LogP contribution >= 0.6 is 15.9 Å². The van der Waals surface area contributed by atoms with Crippen molar-refractivity contribution < 1.29 is 18.0 Å². The van der Waals surface area contributed by atoms with Crippen LogP contribution in [-0.2, 0) is 0 Å². The molecular weight excluding hydrogens is 483 g/mol. The van der Waals surface area contributed by atoms with Gasteiger partial charge in [-0.1, -0.05) is 24.3 Å². The molecule has 0 saturated heterocycles. The Bertz CT molecular complexity index is 1190. The first-order valence-electron chi connectivity index (χ1n) is 10.3. The van der Waals surface area contributed by atoms with E-state index in [4.69, 9.17) is 0 Å². The normalized spacial score (nSPS) is 17.7. The van der Waals surface area contributed by atoms with Crippen molar-refractivity contribution in [2.45, 2.75) is 38.4 Å². The third-order valence-electron chi connectivity index (χ3n) is 5.74. The minimum absolute atomic E-state index is 0.0278. The van der Waals surface area contributed by atoms with Gasteiger partial charge in [-0.2, -0.15) is 13.2 Å². The molecule has 4 rings (SSSR count). The first-order chi connectivity index (χ1) is 15.2. The van der Waals surface area contributed by atoms with Crippen LogP contribution in [0.5, 0.6) is 0 Å². The van der Waals surface area contributed by atoms with Crippen LogP contribution in [0.1, 0.15) is 53.8 Å². The van der Waals surface area contributed by atoms with Crippen LogP contribution in [0.15, 0.2) is 59.3 Å². The number of pyridine rings is 2. The molecule has 1 unspecified atom stereocenters. The number of carbonyl (C=O) groups excluding carboxylic acids is 1. The second kappa shape index (κ2) is 9.02. The molecule has 4 nitrogen and oxygen atoms in total. The molecule has 2 aromatic heterocycles. The van der Waals surface area contributed by atoms with Gasteiger partial charge in [-0.3, -0.25) is 9.78 Å². The zero-order valence-corrected chi connectivity index (χ0v) is 18.9. The van der Waals surface area contributed by atoms with Crippen molar-refractivity contribution in [3.8, 4) is 0 Å². The third kappa shape index (κ3) is 4.85. The van der Waals surface area contributed by atoms with Gasteiger partial charge in [0.25, 0.3) is 5.91 Å². The SMILES string of the molecule is C[C@H](NC(=O)c1cnc2cccc(C3=CCC(C(F)(F)F)CC3)c2c1)c1cccc(Br)n1. The Morgan fingerprint density at radius 2 is 2.00 bits per heavy atom. The van der Waals surface area contributed by atoms with Gasteiger partial charge in [0.2, 0.25) is 0 Å². The molecular formula is C24H21BrF3N3O. The molecule has 1 aromatic carbocycles. The molecule has 1 aliphatic rings. The number of alkyl halides is 3. The number of hydrogen-bond donors (Lipinski definition) is 1. The summed E-state index contributed by atoms with van der Waals surface area (Å²) in [7, 11) is 0. The summed E-state index contributed by atoms with van der Waals surface area (Å²) in [5, 5.41) is 3.68. The molecule has 8 heteroatoms. The van der Waals surface area contributed by atoms with Gasteiger partial charge < -0.3 is 5.32 Å². The fourth-order valence-corrected chi connectivity index (χ4v) is 4.31. The second-order valence-corrected chi connectivity index (χ2v) is 8.73. The summed E-state index contributed by atoms with van der Waals surface area (Å²) < 4.78 is 39.8. The molecule has 2 heterocycles. The van der Waals surface area contributed by atoms with Crippen molar-refractivity contribution in [1.29, 1.82) is 0 Å². The predicted molar refractivity (Wildman–Crippen MR) is 121 cm³/mol. The zero-order chi connectivity index (χ0) is 22.9. The number of nitrogens with one attached hydrogen (secondary N) is 1. The van der Waals surface area contributed by atoms with Crippen LogP contribution in [0.2, 0.25) is 0 Å². The summed E-state index contributed by atoms with van der Waals surface area (Å²) in [6.45, 7) is 1.84. The number of aromatic nitrogens is 2. The number of amides is 1. The Morgan fingerprint density at radius 1 is 1.22 bits per heavy atom. The van der Waals surface area contributed by atoms with E-state index in [9.17, 15) is 18.0 Å². The Balaban J connectivity index is 1.60. The average molecular weight is 504 g/mol. The van der Waals surface area contributed by atoms with Gasteiger partial charge in [-0.15, -0.1) is 0 Å². The van der Waals surface area contributed by atoms with Gasteiger partial charge >= 0.3 is 6.18 Å². The molecule has 0 fully saturated rings. The molecule has 3 aromatic rings. The van der Waals surface area contributed by atoms with E-state index in [0.29, 0.717) is 27.8 Å². The minimum atomic E-state index is -4.17. The highest BCUT2D eigenvalue weighted by molar-refractivity contribution is 9.10. The molecule has 2 atom stereocenters. The van der Waals surface area contributed by atoms with Gasteiger partial charge in [0.1, 0.15) is 4.60 Å². The van der Waals surface area contributed by atoms with Crippen molar-refractivity contribution in [3.63, 3.8) is 0 Å². The molecule has 0 bridgehead atoms. The van der Waals surface area contributed by atoms with E-state index < -0.39 is 12.1 Å². The summed E-state index contributed by atoms with van der Waals surface area (Å²) in [5.74, 6) is -1.59. The summed E-state index contributed by atoms with van der Waals surface area (Å²) in [4.78, 5) is 21.6. The summed E-state index contributed by atoms with van der Waals surface area (Å²) in [6, 6.07) is 12.5. The molecule has 1 amide bonds. The van der Waals surface area contributed by atoms with Gasteiger partial charge in [0.05, 0.1) is 28.7 Å². The highest BCUT2D eigenvalue weighted by atomic mass is 79.9. The van der Waals surface area contributed by atoms with Crippen molar-refractivity contribution in [3.05, 3.63) is 76.2 Å². The highest BCUT2D eigenvalue weighted by Gasteiger charge is 2.39. The van der Waals surface area contributed by atoms with E-state index in [1.165, 1.54) is 6.20 Å². The maximum absolute atomic E-state index is 13.0. The Kier molecular flexibility index (Phi) is 6.33. The number of hydrogen-bond acceptors (Lipinski definition) is 3. The molecule has 1 aliphatic carbocycles. The standard InChI is InChI=1S/C24H21BrF3N3O/c1-14(20-5-3-7-22(25)31-20)30-23(32)16-12-19-18(4-2-6-21(19)29-13-16)15-8-10-17(11-9-15)24(26,27)28/h2-8,12-14,17H,9-11H2,1H3,(H,30,32)/t14-,17?/m0/s1. The quantitative estimate of drug-likeness (QED) is 0.406. The summed E-state index contributed by atoms with van der Waals surface area (Å²) in [5.41, 5.74) is 3.49. The maximum atomic E-state index is 13.0. The third-order valence-corrected chi connectivity index (χ3v) is 6.18. The Morgan fingerprint density at radius 3 is 2.69 bits per heavy atom. The van der Waals surface area contributed by atoms with Crippen molar-refractivity contribution >= 4 is 38.3 Å². The van der Waals surface area contributed by atoms with Crippen LogP contribution in [0.25, 0.3) is 16.5 Å². The van der Waals surface area contributed by atoms with E-state index in [-0.39, 0.29) is 24.8 Å². The molecule has 32 heavy (non-hydrogen) atoms. The molecule has 0 radical (unpaired) electrons. The van der Waals surface area contributed by atoms with Crippen LogP contribution in [0.4, 0.5) is 13.2 Å². The van der Waals surface area contributed by atoms with Gasteiger partial charge in [-0.25, -0.2) is 4.98 Å². The number of nitrogens with zero attached hydrogens (tertiary/aromatic N) is 2. The van der Waals surface area contributed by atoms with E-state index in [1.807, 2.05) is 43.3 Å². The summed E-state index contributed by atoms with van der Waals surface area (Å²) >= 11 is 3.33. The first kappa shape index (κ1) is 22.5. The topological polar surface area (TPSA) is 54.9 Å². The van der Waals surface area contributed by atoms with E-state index in [2.05, 4.69) is 31.2 Å². The number of carbonyl (C=O) groups is 1. The lowest BCUT2D eigenvalue weighted by atomic mass is 9.85. The molecule has 0 saturated carbocycles. The van der Waals surface area contributed by atoms with E-state index in [0.717, 1.165) is 16.5 Å². The molecule has 0 aliphatic heterocycles. The number of allylic oxidation sites excluding steroid dienone is 2. The van der Waals surface area contributed by atoms with Gasteiger partial charge in [0, 0.05) is 11.6 Å². The fraction of sp³-hybridized carbons (Fsp3) is 0.292. The van der Waals surface area contributed by atoms with E-state index >= 15 is 0 Å². The van der Waals surface area contributed by atoms with Crippen molar-refractivity contribution in [2.75, 3.05) is 0 Å². The summed E-state index contributed by atoms with van der Waals surface area (Å²) in [6.07, 6.45) is -0.614. The van der Waals surface area contributed by atoms with Crippen LogP contribution in [-0.4, -0.2) is 22.1 Å². The first-order valence-corrected chi connectivity index (χ1v) is 11.1. The molecule has 166 valence electrons. The number of rotatable bonds is 4. The van der Waals surface area contributed by atoms with Crippen molar-refractivity contribution in [1.82, 2.24) is 15.3 Å². The van der Waals surface area contributed by atoms with Crippen LogP contribution in [0.3, 0.4) is 0 Å². The monoisotopic (exact) mass is 503 g/mol. The number of halogens is 4. The highest BCUT2D eigenvalue weighted by Crippen LogP contribution is 2.40. The van der Waals surface area contributed by atoms with Crippen molar-refractivity contribution in [2.24, 2.45) is 5.92 Å². The Labute approximate surface area is 192 Å².